The Hall–Kier alpha value is -0.635. The number of carbonyl (C=O) groups is 3. The van der Waals surface area contributed by atoms with E-state index in [1.807, 2.05) is 0 Å². The molecule has 2 atom stereocenters. The van der Waals surface area contributed by atoms with Crippen molar-refractivity contribution in [2.45, 2.75) is 12.1 Å². The normalized spacial score (nSPS) is 20.6. The molecule has 0 radical (unpaired) electrons. The van der Waals surface area contributed by atoms with E-state index in [0.29, 0.717) is 0 Å². The predicted molar refractivity (Wildman–Crippen MR) is 125 cm³/mol. The van der Waals surface area contributed by atoms with Gasteiger partial charge in [0.2, 0.25) is 0 Å². The van der Waals surface area contributed by atoms with Gasteiger partial charge in [0.05, 0.1) is 0 Å². The fraction of sp³-hybridized carbons (Fsp3) is 0.857. The summed E-state index contributed by atoms with van der Waals surface area (Å²) in [7, 11) is -3.83. The van der Waals surface area contributed by atoms with Gasteiger partial charge in [-0.2, -0.15) is 0 Å². The number of carboxylic acids is 3. The number of hydrogen-bond acceptors (Lipinski definition) is 14. The van der Waals surface area contributed by atoms with Crippen molar-refractivity contribution in [2.75, 3.05) is 98.0 Å². The van der Waals surface area contributed by atoms with Gasteiger partial charge < -0.3 is 0 Å². The number of hydrogen-bond donors (Lipinski definition) is 4. The van der Waals surface area contributed by atoms with Crippen LogP contribution >= 0.6 is 0 Å². The number of rotatable bonds is 14. The Labute approximate surface area is 254 Å². The second-order valence-electron chi connectivity index (χ2n) is 9.69. The third-order valence-corrected chi connectivity index (χ3v) is 8.53. The summed E-state index contributed by atoms with van der Waals surface area (Å²) >= 11 is 1.46. The Balaban J connectivity index is 3.27. The molecule has 1 rings (SSSR count). The molecule has 229 valence electrons. The zero-order valence-electron chi connectivity index (χ0n) is 21.8. The Kier molecular flexibility index (Phi) is 16.2. The fourth-order valence-corrected chi connectivity index (χ4v) is 6.04. The summed E-state index contributed by atoms with van der Waals surface area (Å²) in [6.07, 6.45) is -0.497. The maximum absolute atomic E-state index is 11.9. The van der Waals surface area contributed by atoms with Crippen molar-refractivity contribution < 1.29 is 92.4 Å². The van der Waals surface area contributed by atoms with Crippen LogP contribution < -0.4 is 20.0 Å². The fourth-order valence-electron chi connectivity index (χ4n) is 4.32. The van der Waals surface area contributed by atoms with Crippen molar-refractivity contribution in [3.63, 3.8) is 0 Å². The standard InChI is InChI=1S/C21H41N5O11S.Gd/c1-38(36,37)22-21(16(14-27)15-28)17(29)10-23-2-4-24(11-18(30)31)6-8-26(13-20(34)35)9-7-25(5-3-23)12-19(32)33;/h16-17,21-22,27-29H,2-15H2,1H3,(H,30,31)(H,32,33)(H,34,35);/q;+1/p-3. The average Bonchev–Trinajstić information content (AvgIpc) is 2.80. The summed E-state index contributed by atoms with van der Waals surface area (Å²) in [5, 5.41) is 64.3. The van der Waals surface area contributed by atoms with Crippen LogP contribution in [0, 0.1) is 44.2 Å². The van der Waals surface area contributed by atoms with Crippen molar-refractivity contribution in [1.82, 2.24) is 19.4 Å². The van der Waals surface area contributed by atoms with Crippen LogP contribution in [0.4, 0.5) is 0 Å². The van der Waals surface area contributed by atoms with Gasteiger partial charge in [-0.1, -0.05) is 0 Å². The van der Waals surface area contributed by atoms with Crippen molar-refractivity contribution in [2.24, 2.45) is 5.92 Å². The number of quaternary nitrogens is 1. The molecular weight excluding hydrogens is 688 g/mol. The minimum atomic E-state index is -3.83. The summed E-state index contributed by atoms with van der Waals surface area (Å²) in [4.78, 5) is 38.5. The van der Waals surface area contributed by atoms with E-state index in [2.05, 4.69) is 4.72 Å². The third-order valence-electron chi connectivity index (χ3n) is 6.40. The van der Waals surface area contributed by atoms with Crippen molar-refractivity contribution in [3.05, 3.63) is 0 Å². The van der Waals surface area contributed by atoms with E-state index in [-0.39, 0.29) is 59.6 Å². The molecule has 0 amide bonds. The third kappa shape index (κ3) is 15.2. The first kappa shape index (κ1) is 36.4. The van der Waals surface area contributed by atoms with Gasteiger partial charge in [0.1, 0.15) is 0 Å². The van der Waals surface area contributed by atoms with Gasteiger partial charge in [0, 0.05) is 0 Å². The number of nitrogens with zero attached hydrogens (tertiary/aromatic N) is 4. The monoisotopic (exact) mass is 726 g/mol. The number of carboxylic acid groups (broad SMARTS) is 3. The van der Waals surface area contributed by atoms with Crippen LogP contribution in [0.3, 0.4) is 0 Å². The number of aliphatic hydroxyl groups excluding tert-OH is 3. The summed E-state index contributed by atoms with van der Waals surface area (Å²) in [5.74, 6) is -5.01. The first-order valence-corrected chi connectivity index (χ1v) is 15.2. The van der Waals surface area contributed by atoms with Crippen LogP contribution in [-0.2, 0) is 24.4 Å². The Morgan fingerprint density at radius 3 is 1.51 bits per heavy atom. The SMILES string of the molecule is CS(=O)(=O)NC(C(O)C[N+]1([Gd])CCN(CC(=O)[O-])CCN(CC(=O)[O-])CCN(CC(=O)[O-])CC1)C(CO)CO. The second-order valence-corrected chi connectivity index (χ2v) is 13.6. The molecule has 0 aromatic heterocycles. The van der Waals surface area contributed by atoms with Gasteiger partial charge in [-0.3, -0.25) is 0 Å². The molecule has 0 aliphatic carbocycles. The first-order valence-electron chi connectivity index (χ1n) is 12.3. The molecule has 0 saturated carbocycles. The molecule has 18 heteroatoms. The van der Waals surface area contributed by atoms with Crippen LogP contribution in [-0.4, -0.2) is 167 Å². The number of nitrogens with one attached hydrogen (secondary N) is 1. The molecule has 0 aromatic carbocycles. The van der Waals surface area contributed by atoms with Gasteiger partial charge in [-0.05, 0) is 0 Å². The van der Waals surface area contributed by atoms with Crippen molar-refractivity contribution in [1.29, 1.82) is 0 Å². The zero-order chi connectivity index (χ0) is 29.8. The van der Waals surface area contributed by atoms with E-state index in [0.717, 1.165) is 6.26 Å². The van der Waals surface area contributed by atoms with Crippen LogP contribution in [0.1, 0.15) is 0 Å². The topological polar surface area (TPSA) is 237 Å². The molecule has 4 N–H and O–H groups in total. The summed E-state index contributed by atoms with van der Waals surface area (Å²) in [6.45, 7) is -1.10. The van der Waals surface area contributed by atoms with Crippen LogP contribution in [0.5, 0.6) is 0 Å². The molecule has 0 bridgehead atoms. The summed E-state index contributed by atoms with van der Waals surface area (Å²) in [6, 6.07) is -1.23. The molecular formula is C21H38GdN5O11S-2. The number of aliphatic hydroxyl groups is 3. The first-order chi connectivity index (χ1) is 18.1. The van der Waals surface area contributed by atoms with E-state index in [1.165, 1.54) is 43.2 Å². The molecule has 39 heavy (non-hydrogen) atoms. The molecule has 1 aliphatic rings. The van der Waals surface area contributed by atoms with E-state index in [9.17, 15) is 53.4 Å². The summed E-state index contributed by atoms with van der Waals surface area (Å²) < 4.78 is 26.2. The molecule has 1 fully saturated rings. The molecule has 16 nitrogen and oxygen atoms in total. The quantitative estimate of drug-likeness (QED) is 0.130. The average molecular weight is 726 g/mol. The zero-order valence-corrected chi connectivity index (χ0v) is 24.9. The van der Waals surface area contributed by atoms with Crippen LogP contribution in [0.15, 0.2) is 0 Å². The van der Waals surface area contributed by atoms with Gasteiger partial charge in [-0.15, -0.1) is 0 Å². The molecule has 0 spiro atoms. The maximum atomic E-state index is 11.9. The summed E-state index contributed by atoms with van der Waals surface area (Å²) in [5.41, 5.74) is 0. The van der Waals surface area contributed by atoms with E-state index in [1.54, 1.807) is 9.80 Å². The predicted octanol–water partition coefficient (Wildman–Crippen LogP) is -8.68. The molecule has 1 aliphatic heterocycles. The Morgan fingerprint density at radius 1 is 0.846 bits per heavy atom. The van der Waals surface area contributed by atoms with Crippen LogP contribution in [0.25, 0.3) is 0 Å². The molecule has 0 aromatic rings. The molecule has 1 heterocycles. The van der Waals surface area contributed by atoms with E-state index >= 15 is 0 Å². The van der Waals surface area contributed by atoms with Crippen LogP contribution in [0.2, 0.25) is 0 Å². The van der Waals surface area contributed by atoms with Gasteiger partial charge in [0.15, 0.2) is 0 Å². The minimum absolute atomic E-state index is 0.0720. The van der Waals surface area contributed by atoms with E-state index in [4.69, 9.17) is 0 Å². The second kappa shape index (κ2) is 17.4. The number of aliphatic carboxylic acids is 3. The number of carbonyl (C=O) groups excluding carboxylic acids is 3. The van der Waals surface area contributed by atoms with E-state index < -0.39 is 78.8 Å². The van der Waals surface area contributed by atoms with Crippen molar-refractivity contribution in [3.8, 4) is 0 Å². The number of sulfonamides is 1. The van der Waals surface area contributed by atoms with Gasteiger partial charge >= 0.3 is 256 Å². The molecule has 1 saturated heterocycles. The molecule has 2 unspecified atom stereocenters. The Morgan fingerprint density at radius 2 is 1.21 bits per heavy atom. The van der Waals surface area contributed by atoms with Gasteiger partial charge in [-0.25, -0.2) is 0 Å². The Bertz CT molecular complexity index is 877. The van der Waals surface area contributed by atoms with Crippen molar-refractivity contribution >= 4 is 27.9 Å². The van der Waals surface area contributed by atoms with Gasteiger partial charge in [0.25, 0.3) is 0 Å².